The van der Waals surface area contributed by atoms with E-state index in [0.29, 0.717) is 12.5 Å². The summed E-state index contributed by atoms with van der Waals surface area (Å²) in [6.45, 7) is 5.03. The Bertz CT molecular complexity index is 882. The number of benzene rings is 1. The first-order chi connectivity index (χ1) is 15.2. The van der Waals surface area contributed by atoms with Crippen LogP contribution in [0, 0.1) is 5.92 Å². The number of aromatic nitrogens is 1. The van der Waals surface area contributed by atoms with Gasteiger partial charge in [-0.25, -0.2) is 9.98 Å². The van der Waals surface area contributed by atoms with Gasteiger partial charge < -0.3 is 15.5 Å². The Kier molecular flexibility index (Phi) is 9.77. The Hall–Kier alpha value is -1.68. The van der Waals surface area contributed by atoms with Crippen LogP contribution >= 0.6 is 35.3 Å². The summed E-state index contributed by atoms with van der Waals surface area (Å²) in [5.74, 6) is 1.41. The number of amides is 1. The number of aliphatic imine (C=N–C) groups is 1. The molecule has 1 aromatic heterocycles. The summed E-state index contributed by atoms with van der Waals surface area (Å²) in [7, 11) is 0. The largest absolute Gasteiger partial charge is 0.357 e. The highest BCUT2D eigenvalue weighted by molar-refractivity contribution is 14.0. The van der Waals surface area contributed by atoms with Gasteiger partial charge in [0.2, 0.25) is 5.91 Å². The van der Waals surface area contributed by atoms with Crippen LogP contribution < -0.4 is 10.6 Å². The molecule has 1 aromatic carbocycles. The van der Waals surface area contributed by atoms with Gasteiger partial charge in [-0.05, 0) is 26.2 Å². The van der Waals surface area contributed by atoms with Gasteiger partial charge in [0.25, 0.3) is 0 Å². The van der Waals surface area contributed by atoms with Crippen LogP contribution in [0.1, 0.15) is 51.1 Å². The number of halogens is 1. The number of hydrogen-bond acceptors (Lipinski definition) is 4. The van der Waals surface area contributed by atoms with Crippen molar-refractivity contribution in [2.24, 2.45) is 10.9 Å². The maximum Gasteiger partial charge on any atom is 0.225 e. The minimum Gasteiger partial charge on any atom is -0.357 e. The smallest absolute Gasteiger partial charge is 0.225 e. The maximum absolute atomic E-state index is 12.8. The number of likely N-dealkylation sites (tertiary alicyclic amines) is 1. The van der Waals surface area contributed by atoms with Crippen molar-refractivity contribution >= 4 is 47.2 Å². The van der Waals surface area contributed by atoms with Crippen LogP contribution in [-0.2, 0) is 11.3 Å². The average molecular weight is 568 g/mol. The van der Waals surface area contributed by atoms with Crippen molar-refractivity contribution in [3.63, 3.8) is 0 Å². The SMILES string of the molecule is CCNC(=NCc1csc(-c2ccccc2)n1)NC1CCN(C(=O)C2CCCCC2)C1.I. The molecular weight excluding hydrogens is 533 g/mol. The Morgan fingerprint density at radius 1 is 1.19 bits per heavy atom. The van der Waals surface area contributed by atoms with E-state index in [0.717, 1.165) is 61.1 Å². The number of nitrogens with one attached hydrogen (secondary N) is 2. The van der Waals surface area contributed by atoms with Gasteiger partial charge in [0.05, 0.1) is 12.2 Å². The summed E-state index contributed by atoms with van der Waals surface area (Å²) < 4.78 is 0. The molecule has 2 fully saturated rings. The normalized spacial score (nSPS) is 19.5. The van der Waals surface area contributed by atoms with Crippen molar-refractivity contribution in [1.82, 2.24) is 20.5 Å². The lowest BCUT2D eigenvalue weighted by Crippen LogP contribution is -2.45. The minimum absolute atomic E-state index is 0. The molecule has 1 unspecified atom stereocenters. The second kappa shape index (κ2) is 12.5. The zero-order valence-electron chi connectivity index (χ0n) is 18.8. The van der Waals surface area contributed by atoms with Gasteiger partial charge in [0.15, 0.2) is 5.96 Å². The van der Waals surface area contributed by atoms with Crippen molar-refractivity contribution in [2.45, 2.75) is 58.0 Å². The number of guanidine groups is 1. The number of hydrogen-bond donors (Lipinski definition) is 2. The number of thiazole rings is 1. The van der Waals surface area contributed by atoms with Crippen molar-refractivity contribution in [3.8, 4) is 10.6 Å². The third-order valence-electron chi connectivity index (χ3n) is 6.11. The van der Waals surface area contributed by atoms with Crippen molar-refractivity contribution in [2.75, 3.05) is 19.6 Å². The Morgan fingerprint density at radius 3 is 2.72 bits per heavy atom. The molecule has 2 aliphatic rings. The molecule has 0 bridgehead atoms. The predicted molar refractivity (Wildman–Crippen MR) is 142 cm³/mol. The molecular formula is C24H34IN5OS. The van der Waals surface area contributed by atoms with Crippen molar-refractivity contribution < 1.29 is 4.79 Å². The molecule has 8 heteroatoms. The summed E-state index contributed by atoms with van der Waals surface area (Å²) in [5, 5.41) is 9.97. The number of carbonyl (C=O) groups excluding carboxylic acids is 1. The molecule has 1 atom stereocenters. The Balaban J connectivity index is 0.00000289. The summed E-state index contributed by atoms with van der Waals surface area (Å²) in [6.07, 6.45) is 6.78. The van der Waals surface area contributed by atoms with E-state index < -0.39 is 0 Å². The first kappa shape index (κ1) is 25.0. The lowest BCUT2D eigenvalue weighted by atomic mass is 9.88. The van der Waals surface area contributed by atoms with Gasteiger partial charge in [-0.2, -0.15) is 0 Å². The topological polar surface area (TPSA) is 69.6 Å². The Morgan fingerprint density at radius 2 is 1.97 bits per heavy atom. The molecule has 1 saturated heterocycles. The van der Waals surface area contributed by atoms with Crippen LogP contribution in [0.15, 0.2) is 40.7 Å². The van der Waals surface area contributed by atoms with Gasteiger partial charge in [0.1, 0.15) is 5.01 Å². The highest BCUT2D eigenvalue weighted by Crippen LogP contribution is 2.27. The molecule has 1 amide bonds. The number of nitrogens with zero attached hydrogens (tertiary/aromatic N) is 3. The van der Waals surface area contributed by atoms with Gasteiger partial charge in [-0.1, -0.05) is 49.6 Å². The molecule has 2 N–H and O–H groups in total. The lowest BCUT2D eigenvalue weighted by Gasteiger charge is -2.26. The van der Waals surface area contributed by atoms with E-state index in [4.69, 9.17) is 9.98 Å². The number of rotatable bonds is 6. The molecule has 1 aliphatic heterocycles. The lowest BCUT2D eigenvalue weighted by molar-refractivity contribution is -0.135. The van der Waals surface area contributed by atoms with Crippen LogP contribution in [0.2, 0.25) is 0 Å². The molecule has 6 nitrogen and oxygen atoms in total. The third kappa shape index (κ3) is 6.66. The fraction of sp³-hybridized carbons (Fsp3) is 0.542. The molecule has 0 spiro atoms. The van der Waals surface area contributed by atoms with Crippen LogP contribution in [0.3, 0.4) is 0 Å². The van der Waals surface area contributed by atoms with E-state index in [9.17, 15) is 4.79 Å². The molecule has 1 aliphatic carbocycles. The molecule has 1 saturated carbocycles. The van der Waals surface area contributed by atoms with Gasteiger partial charge in [-0.15, -0.1) is 35.3 Å². The highest BCUT2D eigenvalue weighted by Gasteiger charge is 2.31. The third-order valence-corrected chi connectivity index (χ3v) is 7.05. The maximum atomic E-state index is 12.8. The second-order valence-corrected chi connectivity index (χ2v) is 9.31. The van der Waals surface area contributed by atoms with E-state index >= 15 is 0 Å². The zero-order valence-corrected chi connectivity index (χ0v) is 21.9. The first-order valence-corrected chi connectivity index (χ1v) is 12.4. The second-order valence-electron chi connectivity index (χ2n) is 8.45. The predicted octanol–water partition coefficient (Wildman–Crippen LogP) is 4.66. The van der Waals surface area contributed by atoms with E-state index in [1.807, 2.05) is 18.2 Å². The molecule has 2 aromatic rings. The molecule has 2 heterocycles. The fourth-order valence-corrected chi connectivity index (χ4v) is 5.27. The highest BCUT2D eigenvalue weighted by atomic mass is 127. The monoisotopic (exact) mass is 567 g/mol. The zero-order chi connectivity index (χ0) is 21.5. The van der Waals surface area contributed by atoms with Gasteiger partial charge in [-0.3, -0.25) is 4.79 Å². The summed E-state index contributed by atoms with van der Waals surface area (Å²) in [6, 6.07) is 10.5. The van der Waals surface area contributed by atoms with E-state index in [1.165, 1.54) is 19.3 Å². The van der Waals surface area contributed by atoms with Gasteiger partial charge in [0, 0.05) is 42.5 Å². The van der Waals surface area contributed by atoms with E-state index in [2.05, 4.69) is 40.0 Å². The average Bonchev–Trinajstić information content (AvgIpc) is 3.48. The standard InChI is InChI=1S/C24H33N5OS.HI/c1-2-25-24(26-15-21-17-31-22(27-21)18-9-5-3-6-10-18)28-20-13-14-29(16-20)23(30)19-11-7-4-8-12-19;/h3,5-6,9-10,17,19-20H,2,4,7-8,11-16H2,1H3,(H2,25,26,28);1H. The van der Waals surface area contributed by atoms with Crippen LogP contribution in [0.5, 0.6) is 0 Å². The van der Waals surface area contributed by atoms with E-state index in [1.54, 1.807) is 11.3 Å². The minimum atomic E-state index is 0. The number of carbonyl (C=O) groups is 1. The summed E-state index contributed by atoms with van der Waals surface area (Å²) >= 11 is 1.65. The summed E-state index contributed by atoms with van der Waals surface area (Å²) in [5.41, 5.74) is 2.11. The van der Waals surface area contributed by atoms with Crippen molar-refractivity contribution in [1.29, 1.82) is 0 Å². The van der Waals surface area contributed by atoms with Crippen LogP contribution in [0.25, 0.3) is 10.6 Å². The molecule has 4 rings (SSSR count). The molecule has 32 heavy (non-hydrogen) atoms. The summed E-state index contributed by atoms with van der Waals surface area (Å²) in [4.78, 5) is 24.4. The first-order valence-electron chi connectivity index (χ1n) is 11.6. The van der Waals surface area contributed by atoms with Crippen LogP contribution in [-0.4, -0.2) is 47.4 Å². The quantitative estimate of drug-likeness (QED) is 0.303. The fourth-order valence-electron chi connectivity index (χ4n) is 4.45. The van der Waals surface area contributed by atoms with Crippen LogP contribution in [0.4, 0.5) is 0 Å². The van der Waals surface area contributed by atoms with Gasteiger partial charge >= 0.3 is 0 Å². The van der Waals surface area contributed by atoms with Crippen molar-refractivity contribution in [3.05, 3.63) is 41.4 Å². The molecule has 0 radical (unpaired) electrons. The molecule has 174 valence electrons. The van der Waals surface area contributed by atoms with E-state index in [-0.39, 0.29) is 35.9 Å². The Labute approximate surface area is 212 Å².